The number of aromatic amines is 1. The molecule has 3 rings (SSSR count). The summed E-state index contributed by atoms with van der Waals surface area (Å²) in [5, 5.41) is 10.8. The fourth-order valence-electron chi connectivity index (χ4n) is 2.06. The molecule has 1 amide bonds. The summed E-state index contributed by atoms with van der Waals surface area (Å²) in [6.07, 6.45) is 1.56. The van der Waals surface area contributed by atoms with Crippen LogP contribution in [0.2, 0.25) is 4.34 Å². The minimum Gasteiger partial charge on any atom is -0.494 e. The van der Waals surface area contributed by atoms with Gasteiger partial charge in [0, 0.05) is 0 Å². The molecule has 0 aliphatic rings. The Morgan fingerprint density at radius 2 is 2.16 bits per heavy atom. The van der Waals surface area contributed by atoms with Gasteiger partial charge in [0.1, 0.15) is 5.75 Å². The molecule has 0 radical (unpaired) electrons. The van der Waals surface area contributed by atoms with Crippen LogP contribution in [0.1, 0.15) is 23.0 Å². The summed E-state index contributed by atoms with van der Waals surface area (Å²) in [5.41, 5.74) is 4.29. The monoisotopic (exact) mass is 374 g/mol. The van der Waals surface area contributed by atoms with Crippen molar-refractivity contribution in [3.8, 4) is 16.3 Å². The quantitative estimate of drug-likeness (QED) is 0.506. The SMILES string of the molecule is CCOc1ccc(/C=N/NC(=O)c2cc(-c3ccc(Cl)s3)[nH]n2)cc1. The lowest BCUT2D eigenvalue weighted by molar-refractivity contribution is 0.0950. The summed E-state index contributed by atoms with van der Waals surface area (Å²) in [7, 11) is 0. The van der Waals surface area contributed by atoms with Crippen molar-refractivity contribution in [2.24, 2.45) is 5.10 Å². The Bertz CT molecular complexity index is 886. The fourth-order valence-corrected chi connectivity index (χ4v) is 3.07. The average Bonchev–Trinajstić information content (AvgIpc) is 3.25. The van der Waals surface area contributed by atoms with Gasteiger partial charge in [0.15, 0.2) is 5.69 Å². The van der Waals surface area contributed by atoms with Crippen molar-refractivity contribution >= 4 is 35.1 Å². The maximum absolute atomic E-state index is 12.1. The van der Waals surface area contributed by atoms with Crippen molar-refractivity contribution in [2.75, 3.05) is 6.61 Å². The van der Waals surface area contributed by atoms with Gasteiger partial charge in [0.2, 0.25) is 0 Å². The molecule has 2 aromatic heterocycles. The highest BCUT2D eigenvalue weighted by atomic mass is 35.5. The van der Waals surface area contributed by atoms with Crippen LogP contribution in [0, 0.1) is 0 Å². The Kier molecular flexibility index (Phi) is 5.47. The number of thiophene rings is 1. The Morgan fingerprint density at radius 3 is 2.84 bits per heavy atom. The van der Waals surface area contributed by atoms with Crippen LogP contribution in [0.5, 0.6) is 5.75 Å². The summed E-state index contributed by atoms with van der Waals surface area (Å²) < 4.78 is 6.04. The molecule has 0 aliphatic carbocycles. The zero-order chi connectivity index (χ0) is 17.6. The Morgan fingerprint density at radius 1 is 1.36 bits per heavy atom. The molecule has 25 heavy (non-hydrogen) atoms. The van der Waals surface area contributed by atoms with E-state index < -0.39 is 5.91 Å². The van der Waals surface area contributed by atoms with Crippen molar-refractivity contribution < 1.29 is 9.53 Å². The predicted octanol–water partition coefficient (Wildman–Crippen LogP) is 3.95. The van der Waals surface area contributed by atoms with E-state index in [0.29, 0.717) is 10.9 Å². The second-order valence-corrected chi connectivity index (χ2v) is 6.69. The van der Waals surface area contributed by atoms with Crippen molar-refractivity contribution in [3.05, 3.63) is 58.1 Å². The number of halogens is 1. The van der Waals surface area contributed by atoms with E-state index in [9.17, 15) is 4.79 Å². The molecule has 0 unspecified atom stereocenters. The zero-order valence-electron chi connectivity index (χ0n) is 13.3. The van der Waals surface area contributed by atoms with Gasteiger partial charge in [-0.3, -0.25) is 9.89 Å². The molecular formula is C17H15ClN4O2S. The first-order chi connectivity index (χ1) is 12.2. The van der Waals surface area contributed by atoms with Crippen LogP contribution in [-0.4, -0.2) is 28.9 Å². The van der Waals surface area contributed by atoms with Crippen LogP contribution in [0.4, 0.5) is 0 Å². The standard InChI is InChI=1S/C17H15ClN4O2S/c1-2-24-12-5-3-11(4-6-12)10-19-22-17(23)14-9-13(20-21-14)15-7-8-16(18)25-15/h3-10H,2H2,1H3,(H,20,21)(H,22,23)/b19-10+. The number of hydrazone groups is 1. The Hall–Kier alpha value is -2.64. The van der Waals surface area contributed by atoms with E-state index in [2.05, 4.69) is 20.7 Å². The Labute approximate surface area is 153 Å². The highest BCUT2D eigenvalue weighted by Crippen LogP contribution is 2.29. The number of aromatic nitrogens is 2. The van der Waals surface area contributed by atoms with Gasteiger partial charge < -0.3 is 4.74 Å². The van der Waals surface area contributed by atoms with E-state index in [1.54, 1.807) is 18.3 Å². The molecule has 2 heterocycles. The lowest BCUT2D eigenvalue weighted by Crippen LogP contribution is -2.17. The molecule has 3 aromatic rings. The van der Waals surface area contributed by atoms with Gasteiger partial charge in [0.05, 0.1) is 27.7 Å². The molecule has 0 saturated heterocycles. The van der Waals surface area contributed by atoms with Crippen LogP contribution >= 0.6 is 22.9 Å². The first-order valence-electron chi connectivity index (χ1n) is 7.53. The minimum absolute atomic E-state index is 0.253. The van der Waals surface area contributed by atoms with E-state index in [1.807, 2.05) is 37.3 Å². The molecule has 0 spiro atoms. The molecule has 0 bridgehead atoms. The summed E-state index contributed by atoms with van der Waals surface area (Å²) in [6.45, 7) is 2.55. The molecule has 0 aliphatic heterocycles. The highest BCUT2D eigenvalue weighted by molar-refractivity contribution is 7.19. The average molecular weight is 375 g/mol. The number of nitrogens with zero attached hydrogens (tertiary/aromatic N) is 2. The molecule has 6 nitrogen and oxygen atoms in total. The maximum Gasteiger partial charge on any atom is 0.291 e. The minimum atomic E-state index is -0.396. The van der Waals surface area contributed by atoms with Gasteiger partial charge in [-0.2, -0.15) is 10.2 Å². The molecule has 1 aromatic carbocycles. The van der Waals surface area contributed by atoms with Gasteiger partial charge in [0.25, 0.3) is 5.91 Å². The maximum atomic E-state index is 12.1. The number of carbonyl (C=O) groups excluding carboxylic acids is 1. The number of amides is 1. The Balaban J connectivity index is 1.59. The van der Waals surface area contributed by atoms with Crippen molar-refractivity contribution in [2.45, 2.75) is 6.92 Å². The number of hydrogen-bond acceptors (Lipinski definition) is 5. The lowest BCUT2D eigenvalue weighted by Gasteiger charge is -2.02. The second kappa shape index (κ2) is 7.96. The molecule has 0 atom stereocenters. The third-order valence-corrected chi connectivity index (χ3v) is 4.48. The third kappa shape index (κ3) is 4.46. The van der Waals surface area contributed by atoms with Gasteiger partial charge in [-0.05, 0) is 55.0 Å². The largest absolute Gasteiger partial charge is 0.494 e. The molecule has 128 valence electrons. The number of H-pyrrole nitrogens is 1. The van der Waals surface area contributed by atoms with Crippen LogP contribution in [0.3, 0.4) is 0 Å². The van der Waals surface area contributed by atoms with Crippen molar-refractivity contribution in [1.29, 1.82) is 0 Å². The smallest absolute Gasteiger partial charge is 0.291 e. The number of carbonyl (C=O) groups is 1. The van der Waals surface area contributed by atoms with E-state index in [-0.39, 0.29) is 5.69 Å². The molecule has 2 N–H and O–H groups in total. The number of nitrogens with one attached hydrogen (secondary N) is 2. The van der Waals surface area contributed by atoms with Crippen LogP contribution in [-0.2, 0) is 0 Å². The molecular weight excluding hydrogens is 360 g/mol. The normalized spacial score (nSPS) is 11.0. The summed E-state index contributed by atoms with van der Waals surface area (Å²) in [4.78, 5) is 13.0. The van der Waals surface area contributed by atoms with Crippen LogP contribution in [0.25, 0.3) is 10.6 Å². The second-order valence-electron chi connectivity index (χ2n) is 4.97. The number of hydrogen-bond donors (Lipinski definition) is 2. The lowest BCUT2D eigenvalue weighted by atomic mass is 10.2. The summed E-state index contributed by atoms with van der Waals surface area (Å²) >= 11 is 7.32. The van der Waals surface area contributed by atoms with Gasteiger partial charge in [-0.25, -0.2) is 5.43 Å². The van der Waals surface area contributed by atoms with Gasteiger partial charge in [-0.15, -0.1) is 11.3 Å². The van der Waals surface area contributed by atoms with Gasteiger partial charge >= 0.3 is 0 Å². The fraction of sp³-hybridized carbons (Fsp3) is 0.118. The third-order valence-electron chi connectivity index (χ3n) is 3.22. The predicted molar refractivity (Wildman–Crippen MR) is 99.6 cm³/mol. The van der Waals surface area contributed by atoms with Gasteiger partial charge in [-0.1, -0.05) is 11.6 Å². The summed E-state index contributed by atoms with van der Waals surface area (Å²) in [6, 6.07) is 12.7. The first-order valence-corrected chi connectivity index (χ1v) is 8.72. The van der Waals surface area contributed by atoms with E-state index in [4.69, 9.17) is 16.3 Å². The first kappa shape index (κ1) is 17.2. The molecule has 0 fully saturated rings. The van der Waals surface area contributed by atoms with Crippen molar-refractivity contribution in [1.82, 2.24) is 15.6 Å². The van der Waals surface area contributed by atoms with Crippen LogP contribution < -0.4 is 10.2 Å². The topological polar surface area (TPSA) is 79.4 Å². The van der Waals surface area contributed by atoms with Crippen molar-refractivity contribution in [3.63, 3.8) is 0 Å². The number of ether oxygens (including phenoxy) is 1. The van der Waals surface area contributed by atoms with E-state index in [1.165, 1.54) is 11.3 Å². The van der Waals surface area contributed by atoms with Crippen LogP contribution in [0.15, 0.2) is 47.6 Å². The summed E-state index contributed by atoms with van der Waals surface area (Å²) in [5.74, 6) is 0.397. The van der Waals surface area contributed by atoms with E-state index >= 15 is 0 Å². The number of rotatable bonds is 6. The number of benzene rings is 1. The zero-order valence-corrected chi connectivity index (χ0v) is 14.9. The molecule has 8 heteroatoms. The highest BCUT2D eigenvalue weighted by Gasteiger charge is 2.11. The van der Waals surface area contributed by atoms with E-state index in [0.717, 1.165) is 21.9 Å². The molecule has 0 saturated carbocycles.